The van der Waals surface area contributed by atoms with Crippen molar-refractivity contribution in [3.63, 3.8) is 0 Å². The van der Waals surface area contributed by atoms with Gasteiger partial charge in [0.05, 0.1) is 22.2 Å². The van der Waals surface area contributed by atoms with Crippen molar-refractivity contribution < 1.29 is 4.42 Å². The van der Waals surface area contributed by atoms with Gasteiger partial charge in [-0.05, 0) is 123 Å². The van der Waals surface area contributed by atoms with E-state index in [0.29, 0.717) is 5.82 Å². The Morgan fingerprint density at radius 2 is 0.864 bits per heavy atom. The Labute approximate surface area is 381 Å². The second-order valence-electron chi connectivity index (χ2n) is 16.9. The lowest BCUT2D eigenvalue weighted by molar-refractivity contribution is 0.669. The Morgan fingerprint density at radius 1 is 0.318 bits per heavy atom. The lowest BCUT2D eigenvalue weighted by atomic mass is 9.92. The number of furan rings is 1. The van der Waals surface area contributed by atoms with E-state index in [0.717, 1.165) is 77.6 Å². The Morgan fingerprint density at radius 3 is 1.62 bits per heavy atom. The largest absolute Gasteiger partial charge is 0.456 e. The van der Waals surface area contributed by atoms with Crippen molar-refractivity contribution >= 4 is 54.6 Å². The molecule has 0 amide bonds. The van der Waals surface area contributed by atoms with Gasteiger partial charge < -0.3 is 8.98 Å². The minimum Gasteiger partial charge on any atom is -0.456 e. The van der Waals surface area contributed by atoms with Crippen LogP contribution in [0.1, 0.15) is 0 Å². The maximum atomic E-state index is 6.58. The standard InChI is InChI=1S/C62H39N3O/c1-4-16-40(17-5-1)46-35-47(41-18-6-2-7-19-41)37-48(36-46)42-20-14-21-45(34-42)61-51-25-10-12-27-55(51)63-62(64-61)52-26-15-29-59-60(52)54-39-44(31-33-58(54)66-59)43-30-32-57-53(38-43)50-24-11-13-28-56(50)65(57)49-22-8-3-9-23-49/h1-39H. The summed E-state index contributed by atoms with van der Waals surface area (Å²) in [5, 5.41) is 5.46. The van der Waals surface area contributed by atoms with Crippen molar-refractivity contribution in [2.24, 2.45) is 0 Å². The second-order valence-corrected chi connectivity index (χ2v) is 16.9. The number of hydrogen-bond acceptors (Lipinski definition) is 3. The fraction of sp³-hybridized carbons (Fsp3) is 0. The highest BCUT2D eigenvalue weighted by Gasteiger charge is 2.20. The van der Waals surface area contributed by atoms with Gasteiger partial charge in [0.2, 0.25) is 0 Å². The molecule has 0 unspecified atom stereocenters. The van der Waals surface area contributed by atoms with Crippen molar-refractivity contribution in [1.29, 1.82) is 0 Å². The van der Waals surface area contributed by atoms with E-state index < -0.39 is 0 Å². The summed E-state index contributed by atoms with van der Waals surface area (Å²) in [5.41, 5.74) is 18.1. The first-order valence-corrected chi connectivity index (χ1v) is 22.4. The first-order valence-electron chi connectivity index (χ1n) is 22.4. The number of fused-ring (bicyclic) bond motifs is 7. The van der Waals surface area contributed by atoms with Crippen LogP contribution in [0.15, 0.2) is 241 Å². The second kappa shape index (κ2) is 15.4. The zero-order valence-corrected chi connectivity index (χ0v) is 35.8. The lowest BCUT2D eigenvalue weighted by Gasteiger charge is -2.13. The summed E-state index contributed by atoms with van der Waals surface area (Å²) in [6.07, 6.45) is 0. The molecule has 3 aromatic heterocycles. The van der Waals surface area contributed by atoms with Crippen LogP contribution in [-0.2, 0) is 0 Å². The quantitative estimate of drug-likeness (QED) is 0.161. The lowest BCUT2D eigenvalue weighted by Crippen LogP contribution is -1.96. The third kappa shape index (κ3) is 6.38. The van der Waals surface area contributed by atoms with E-state index in [1.165, 1.54) is 44.1 Å². The number of hydrogen-bond donors (Lipinski definition) is 0. The van der Waals surface area contributed by atoms with Crippen molar-refractivity contribution in [2.45, 2.75) is 0 Å². The van der Waals surface area contributed by atoms with E-state index in [4.69, 9.17) is 14.4 Å². The Kier molecular flexibility index (Phi) is 8.81. The smallest absolute Gasteiger partial charge is 0.161 e. The molecule has 0 saturated carbocycles. The maximum absolute atomic E-state index is 6.58. The van der Waals surface area contributed by atoms with Crippen LogP contribution in [0.5, 0.6) is 0 Å². The van der Waals surface area contributed by atoms with Crippen LogP contribution in [0, 0.1) is 0 Å². The molecule has 0 aliphatic carbocycles. The molecule has 0 radical (unpaired) electrons. The summed E-state index contributed by atoms with van der Waals surface area (Å²) < 4.78 is 8.93. The molecule has 13 rings (SSSR count). The van der Waals surface area contributed by atoms with Crippen molar-refractivity contribution in [3.05, 3.63) is 237 Å². The van der Waals surface area contributed by atoms with Crippen molar-refractivity contribution in [2.75, 3.05) is 0 Å². The normalized spacial score (nSPS) is 11.6. The SMILES string of the molecule is c1ccc(-c2cc(-c3ccccc3)cc(-c3cccc(-c4nc(-c5cccc6oc7ccc(-c8ccc9c(c8)c8ccccc8n9-c8ccccc8)cc7c56)nc5ccccc45)c3)c2)cc1. The molecular formula is C62H39N3O. The van der Waals surface area contributed by atoms with Gasteiger partial charge in [0.15, 0.2) is 5.82 Å². The third-order valence-corrected chi connectivity index (χ3v) is 13.0. The van der Waals surface area contributed by atoms with Gasteiger partial charge in [0.1, 0.15) is 11.2 Å². The van der Waals surface area contributed by atoms with Crippen molar-refractivity contribution in [1.82, 2.24) is 14.5 Å². The summed E-state index contributed by atoms with van der Waals surface area (Å²) in [6.45, 7) is 0. The number of aromatic nitrogens is 3. The first-order chi connectivity index (χ1) is 32.7. The molecule has 4 nitrogen and oxygen atoms in total. The average Bonchev–Trinajstić information content (AvgIpc) is 3.94. The molecule has 4 heteroatoms. The zero-order valence-electron chi connectivity index (χ0n) is 35.8. The van der Waals surface area contributed by atoms with Crippen LogP contribution >= 0.6 is 0 Å². The molecule has 0 spiro atoms. The molecule has 0 bridgehead atoms. The molecule has 0 fully saturated rings. The Hall–Kier alpha value is -8.86. The fourth-order valence-corrected chi connectivity index (χ4v) is 9.85. The maximum Gasteiger partial charge on any atom is 0.161 e. The van der Waals surface area contributed by atoms with Gasteiger partial charge in [0, 0.05) is 43.7 Å². The van der Waals surface area contributed by atoms with E-state index >= 15 is 0 Å². The highest BCUT2D eigenvalue weighted by Crippen LogP contribution is 2.41. The van der Waals surface area contributed by atoms with Gasteiger partial charge in [-0.15, -0.1) is 0 Å². The van der Waals surface area contributed by atoms with E-state index in [-0.39, 0.29) is 0 Å². The summed E-state index contributed by atoms with van der Waals surface area (Å²) in [4.78, 5) is 10.7. The summed E-state index contributed by atoms with van der Waals surface area (Å²) >= 11 is 0. The van der Waals surface area contributed by atoms with E-state index in [1.807, 2.05) is 18.2 Å². The summed E-state index contributed by atoms with van der Waals surface area (Å²) in [5.74, 6) is 0.653. The van der Waals surface area contributed by atoms with Crippen LogP contribution in [-0.4, -0.2) is 14.5 Å². The summed E-state index contributed by atoms with van der Waals surface area (Å²) in [7, 11) is 0. The predicted octanol–water partition coefficient (Wildman–Crippen LogP) is 16.6. The highest BCUT2D eigenvalue weighted by molar-refractivity contribution is 6.14. The van der Waals surface area contributed by atoms with Crippen LogP contribution in [0.25, 0.3) is 127 Å². The molecule has 0 aliphatic rings. The highest BCUT2D eigenvalue weighted by atomic mass is 16.3. The monoisotopic (exact) mass is 841 g/mol. The Bertz CT molecular complexity index is 3920. The topological polar surface area (TPSA) is 43.9 Å². The van der Waals surface area contributed by atoms with Gasteiger partial charge in [-0.25, -0.2) is 9.97 Å². The number of para-hydroxylation sites is 3. The molecule has 0 saturated heterocycles. The number of rotatable bonds is 7. The third-order valence-electron chi connectivity index (χ3n) is 13.0. The predicted molar refractivity (Wildman–Crippen MR) is 274 cm³/mol. The van der Waals surface area contributed by atoms with Crippen LogP contribution in [0.3, 0.4) is 0 Å². The van der Waals surface area contributed by atoms with Crippen LogP contribution in [0.2, 0.25) is 0 Å². The minimum absolute atomic E-state index is 0.653. The van der Waals surface area contributed by atoms with Gasteiger partial charge in [0.25, 0.3) is 0 Å². The van der Waals surface area contributed by atoms with E-state index in [2.05, 4.69) is 223 Å². The molecule has 308 valence electrons. The van der Waals surface area contributed by atoms with E-state index in [1.54, 1.807) is 0 Å². The molecule has 10 aromatic carbocycles. The number of benzene rings is 10. The Balaban J connectivity index is 0.945. The van der Waals surface area contributed by atoms with Gasteiger partial charge in [-0.2, -0.15) is 0 Å². The fourth-order valence-electron chi connectivity index (χ4n) is 9.85. The summed E-state index contributed by atoms with van der Waals surface area (Å²) in [6, 6.07) is 84.0. The van der Waals surface area contributed by atoms with Crippen LogP contribution < -0.4 is 0 Å². The molecular weight excluding hydrogens is 803 g/mol. The average molecular weight is 842 g/mol. The van der Waals surface area contributed by atoms with Gasteiger partial charge in [-0.3, -0.25) is 0 Å². The van der Waals surface area contributed by atoms with Gasteiger partial charge >= 0.3 is 0 Å². The minimum atomic E-state index is 0.653. The first kappa shape index (κ1) is 37.7. The molecule has 0 atom stereocenters. The molecule has 0 aliphatic heterocycles. The molecule has 66 heavy (non-hydrogen) atoms. The van der Waals surface area contributed by atoms with Crippen LogP contribution in [0.4, 0.5) is 0 Å². The van der Waals surface area contributed by atoms with Crippen molar-refractivity contribution in [3.8, 4) is 72.8 Å². The number of nitrogens with zero attached hydrogens (tertiary/aromatic N) is 3. The van der Waals surface area contributed by atoms with E-state index in [9.17, 15) is 0 Å². The zero-order chi connectivity index (χ0) is 43.6. The molecule has 3 heterocycles. The molecule has 13 aromatic rings. The molecule has 0 N–H and O–H groups in total. The van der Waals surface area contributed by atoms with Gasteiger partial charge in [-0.1, -0.05) is 158 Å².